The summed E-state index contributed by atoms with van der Waals surface area (Å²) in [6.07, 6.45) is -0.795. The second kappa shape index (κ2) is 8.09. The van der Waals surface area contributed by atoms with Gasteiger partial charge in [-0.1, -0.05) is 48.5 Å². The summed E-state index contributed by atoms with van der Waals surface area (Å²) >= 11 is 1.43. The lowest BCUT2D eigenvalue weighted by Crippen LogP contribution is -2.31. The summed E-state index contributed by atoms with van der Waals surface area (Å²) in [7, 11) is 0. The van der Waals surface area contributed by atoms with E-state index in [1.807, 2.05) is 42.6 Å². The normalized spacial score (nSPS) is 13.4. The Bertz CT molecular complexity index is 1010. The number of aryl methyl sites for hydroxylation is 1. The Hall–Kier alpha value is -3.12. The van der Waals surface area contributed by atoms with Crippen molar-refractivity contribution in [3.8, 4) is 11.1 Å². The summed E-state index contributed by atoms with van der Waals surface area (Å²) in [5.74, 6) is -1.00. The van der Waals surface area contributed by atoms with Crippen molar-refractivity contribution in [1.29, 1.82) is 0 Å². The fourth-order valence-electron chi connectivity index (χ4n) is 3.91. The number of carboxylic acid groups (broad SMARTS) is 1. The van der Waals surface area contributed by atoms with Crippen molar-refractivity contribution < 1.29 is 19.4 Å². The predicted molar refractivity (Wildman–Crippen MR) is 112 cm³/mol. The topological polar surface area (TPSA) is 75.6 Å². The minimum absolute atomic E-state index is 0.0328. The Labute approximate surface area is 173 Å². The Morgan fingerprint density at radius 1 is 1.07 bits per heavy atom. The average molecular weight is 407 g/mol. The first-order valence-electron chi connectivity index (χ1n) is 9.42. The molecular weight excluding hydrogens is 386 g/mol. The number of carboxylic acids is 1. The van der Waals surface area contributed by atoms with Crippen molar-refractivity contribution in [2.45, 2.75) is 25.3 Å². The van der Waals surface area contributed by atoms with E-state index in [1.165, 1.54) is 11.3 Å². The molecule has 1 aliphatic rings. The average Bonchev–Trinajstić information content (AvgIpc) is 3.27. The molecule has 1 aliphatic carbocycles. The van der Waals surface area contributed by atoms with Gasteiger partial charge in [-0.2, -0.15) is 0 Å². The lowest BCUT2D eigenvalue weighted by atomic mass is 9.98. The first-order chi connectivity index (χ1) is 14.0. The van der Waals surface area contributed by atoms with E-state index in [2.05, 4.69) is 29.6 Å². The van der Waals surface area contributed by atoms with Crippen molar-refractivity contribution >= 4 is 23.4 Å². The number of amides is 1. The van der Waals surface area contributed by atoms with E-state index in [9.17, 15) is 14.7 Å². The summed E-state index contributed by atoms with van der Waals surface area (Å²) in [6.45, 7) is 2.10. The maximum Gasteiger partial charge on any atom is 0.407 e. The maximum atomic E-state index is 12.5. The van der Waals surface area contributed by atoms with Crippen molar-refractivity contribution in [2.75, 3.05) is 6.61 Å². The Morgan fingerprint density at radius 3 is 2.24 bits per heavy atom. The third kappa shape index (κ3) is 3.89. The van der Waals surface area contributed by atoms with Gasteiger partial charge in [-0.25, -0.2) is 4.79 Å². The zero-order valence-corrected chi connectivity index (χ0v) is 16.7. The van der Waals surface area contributed by atoms with Crippen molar-refractivity contribution in [3.05, 3.63) is 81.5 Å². The number of benzene rings is 2. The van der Waals surface area contributed by atoms with Crippen LogP contribution in [0.3, 0.4) is 0 Å². The zero-order valence-electron chi connectivity index (χ0n) is 15.9. The van der Waals surface area contributed by atoms with Gasteiger partial charge < -0.3 is 15.2 Å². The number of fused-ring (bicyclic) bond motifs is 3. The molecule has 0 spiro atoms. The molecule has 1 amide bonds. The quantitative estimate of drug-likeness (QED) is 0.595. The number of thiophene rings is 1. The molecule has 6 heteroatoms. The van der Waals surface area contributed by atoms with Gasteiger partial charge in [0, 0.05) is 10.8 Å². The molecule has 1 aromatic heterocycles. The van der Waals surface area contributed by atoms with Crippen LogP contribution in [0.25, 0.3) is 11.1 Å². The van der Waals surface area contributed by atoms with Crippen LogP contribution in [0.1, 0.15) is 39.9 Å². The summed E-state index contributed by atoms with van der Waals surface area (Å²) in [6, 6.07) is 17.6. The molecular formula is C23H21NO4S. The summed E-state index contributed by atoms with van der Waals surface area (Å²) in [5.41, 5.74) is 5.56. The van der Waals surface area contributed by atoms with Crippen LogP contribution >= 0.6 is 11.3 Å². The van der Waals surface area contributed by atoms with Crippen molar-refractivity contribution in [2.24, 2.45) is 0 Å². The number of nitrogens with one attached hydrogen (secondary N) is 1. The number of rotatable bonds is 6. The number of alkyl carbamates (subject to hydrolysis) is 1. The van der Waals surface area contributed by atoms with Crippen LogP contribution in [0.4, 0.5) is 4.79 Å². The fraction of sp³-hybridized carbons (Fsp3) is 0.217. The van der Waals surface area contributed by atoms with Crippen LogP contribution in [-0.4, -0.2) is 23.8 Å². The van der Waals surface area contributed by atoms with E-state index >= 15 is 0 Å². The van der Waals surface area contributed by atoms with E-state index in [0.717, 1.165) is 32.7 Å². The van der Waals surface area contributed by atoms with Crippen molar-refractivity contribution in [1.82, 2.24) is 5.32 Å². The molecule has 2 N–H and O–H groups in total. The predicted octanol–water partition coefficient (Wildman–Crippen LogP) is 5.11. The smallest absolute Gasteiger partial charge is 0.407 e. The summed E-state index contributed by atoms with van der Waals surface area (Å²) < 4.78 is 5.55. The number of carbonyl (C=O) groups is 2. The van der Waals surface area contributed by atoms with E-state index in [-0.39, 0.29) is 18.9 Å². The van der Waals surface area contributed by atoms with E-state index in [4.69, 9.17) is 4.74 Å². The minimum atomic E-state index is -0.971. The fourth-order valence-corrected chi connectivity index (χ4v) is 4.89. The molecule has 0 bridgehead atoms. The van der Waals surface area contributed by atoms with Crippen LogP contribution in [0.2, 0.25) is 0 Å². The maximum absolute atomic E-state index is 12.5. The third-order valence-electron chi connectivity index (χ3n) is 5.23. The first kappa shape index (κ1) is 19.2. The molecule has 0 fully saturated rings. The van der Waals surface area contributed by atoms with Gasteiger partial charge in [-0.05, 0) is 46.2 Å². The molecule has 5 nitrogen and oxygen atoms in total. The first-order valence-corrected chi connectivity index (χ1v) is 10.3. The second-order valence-corrected chi connectivity index (χ2v) is 8.04. The lowest BCUT2D eigenvalue weighted by molar-refractivity contribution is -0.137. The number of aliphatic carboxylic acids is 1. The molecule has 3 aromatic rings. The van der Waals surface area contributed by atoms with Gasteiger partial charge >= 0.3 is 12.1 Å². The van der Waals surface area contributed by atoms with Gasteiger partial charge in [-0.3, -0.25) is 4.79 Å². The molecule has 0 saturated heterocycles. The number of ether oxygens (including phenoxy) is 1. The van der Waals surface area contributed by atoms with E-state index < -0.39 is 18.1 Å². The van der Waals surface area contributed by atoms with Gasteiger partial charge in [0.2, 0.25) is 0 Å². The Balaban J connectivity index is 1.48. The number of hydrogen-bond donors (Lipinski definition) is 2. The SMILES string of the molecule is Cc1ccsc1[C@H](CC(=O)O)NC(=O)OCC1c2ccccc2-c2ccccc21. The molecule has 4 rings (SSSR count). The molecule has 0 aliphatic heterocycles. The van der Waals surface area contributed by atoms with Crippen molar-refractivity contribution in [3.63, 3.8) is 0 Å². The van der Waals surface area contributed by atoms with E-state index in [0.29, 0.717) is 0 Å². The molecule has 0 saturated carbocycles. The molecule has 1 atom stereocenters. The molecule has 2 aromatic carbocycles. The zero-order chi connectivity index (χ0) is 20.4. The van der Waals surface area contributed by atoms with Crippen LogP contribution in [0.5, 0.6) is 0 Å². The molecule has 1 heterocycles. The van der Waals surface area contributed by atoms with Crippen LogP contribution < -0.4 is 5.32 Å². The van der Waals surface area contributed by atoms with Gasteiger partial charge in [0.25, 0.3) is 0 Å². The highest BCUT2D eigenvalue weighted by molar-refractivity contribution is 7.10. The Morgan fingerprint density at radius 2 is 1.69 bits per heavy atom. The lowest BCUT2D eigenvalue weighted by Gasteiger charge is -2.19. The standard InChI is InChI=1S/C23H21NO4S/c1-14-10-11-29-22(14)20(12-21(25)26)24-23(27)28-13-19-17-8-4-2-6-15(17)16-7-3-5-9-18(16)19/h2-11,19-20H,12-13H2,1H3,(H,24,27)(H,25,26)/t20-/m0/s1. The van der Waals surface area contributed by atoms with Crippen LogP contribution in [0, 0.1) is 6.92 Å². The monoisotopic (exact) mass is 407 g/mol. The van der Waals surface area contributed by atoms with Gasteiger partial charge in [0.1, 0.15) is 6.61 Å². The highest BCUT2D eigenvalue weighted by Crippen LogP contribution is 2.44. The van der Waals surface area contributed by atoms with Gasteiger partial charge in [-0.15, -0.1) is 11.3 Å². The van der Waals surface area contributed by atoms with Gasteiger partial charge in [0.05, 0.1) is 12.5 Å². The van der Waals surface area contributed by atoms with Crippen LogP contribution in [-0.2, 0) is 9.53 Å². The van der Waals surface area contributed by atoms with Crippen LogP contribution in [0.15, 0.2) is 60.0 Å². The minimum Gasteiger partial charge on any atom is -0.481 e. The number of carbonyl (C=O) groups excluding carboxylic acids is 1. The summed E-state index contributed by atoms with van der Waals surface area (Å²) in [4.78, 5) is 24.6. The number of hydrogen-bond acceptors (Lipinski definition) is 4. The van der Waals surface area contributed by atoms with E-state index in [1.54, 1.807) is 0 Å². The van der Waals surface area contributed by atoms with Gasteiger partial charge in [0.15, 0.2) is 0 Å². The Kier molecular flexibility index (Phi) is 5.36. The molecule has 0 radical (unpaired) electrons. The molecule has 29 heavy (non-hydrogen) atoms. The summed E-state index contributed by atoms with van der Waals surface area (Å²) in [5, 5.41) is 13.8. The second-order valence-electron chi connectivity index (χ2n) is 7.09. The molecule has 148 valence electrons. The molecule has 0 unspecified atom stereocenters. The highest BCUT2D eigenvalue weighted by atomic mass is 32.1. The largest absolute Gasteiger partial charge is 0.481 e. The highest BCUT2D eigenvalue weighted by Gasteiger charge is 2.29. The third-order valence-corrected chi connectivity index (χ3v) is 6.37.